The van der Waals surface area contributed by atoms with Gasteiger partial charge < -0.3 is 14.6 Å². The maximum absolute atomic E-state index is 9.67. The zero-order chi connectivity index (χ0) is 11.5. The molecule has 2 atom stereocenters. The first-order valence-electron chi connectivity index (χ1n) is 5.67. The van der Waals surface area contributed by atoms with Crippen LogP contribution in [-0.2, 0) is 11.2 Å². The Kier molecular flexibility index (Phi) is 3.46. The third-order valence-corrected chi connectivity index (χ3v) is 3.05. The van der Waals surface area contributed by atoms with Crippen molar-refractivity contribution in [3.8, 4) is 5.75 Å². The van der Waals surface area contributed by atoms with Gasteiger partial charge in [0.15, 0.2) is 0 Å². The standard InChI is InChI=1S/C13H18O3/c1-9(15-2)8-16-11-4-5-12-10(7-11)3-6-13(12)14/h4-5,7,9,13-14H,3,6,8H2,1-2H3. The molecule has 1 aliphatic rings. The number of fused-ring (bicyclic) bond motifs is 1. The number of hydrogen-bond acceptors (Lipinski definition) is 3. The lowest BCUT2D eigenvalue weighted by atomic mass is 10.1. The van der Waals surface area contributed by atoms with Crippen LogP contribution in [0.3, 0.4) is 0 Å². The highest BCUT2D eigenvalue weighted by Gasteiger charge is 2.20. The quantitative estimate of drug-likeness (QED) is 0.847. The third-order valence-electron chi connectivity index (χ3n) is 3.05. The lowest BCUT2D eigenvalue weighted by molar-refractivity contribution is 0.0716. The number of aliphatic hydroxyl groups is 1. The number of benzene rings is 1. The fraction of sp³-hybridized carbons (Fsp3) is 0.538. The van der Waals surface area contributed by atoms with Crippen molar-refractivity contribution in [3.05, 3.63) is 29.3 Å². The summed E-state index contributed by atoms with van der Waals surface area (Å²) < 4.78 is 10.7. The molecule has 16 heavy (non-hydrogen) atoms. The summed E-state index contributed by atoms with van der Waals surface area (Å²) in [4.78, 5) is 0. The van der Waals surface area contributed by atoms with Gasteiger partial charge >= 0.3 is 0 Å². The number of aliphatic hydroxyl groups excluding tert-OH is 1. The lowest BCUT2D eigenvalue weighted by Crippen LogP contribution is -2.15. The van der Waals surface area contributed by atoms with E-state index >= 15 is 0 Å². The molecule has 1 aromatic carbocycles. The Morgan fingerprint density at radius 2 is 2.31 bits per heavy atom. The summed E-state index contributed by atoms with van der Waals surface area (Å²) in [5.74, 6) is 0.858. The van der Waals surface area contributed by atoms with Gasteiger partial charge in [0.2, 0.25) is 0 Å². The largest absolute Gasteiger partial charge is 0.491 e. The molecule has 88 valence electrons. The maximum Gasteiger partial charge on any atom is 0.119 e. The molecular formula is C13H18O3. The van der Waals surface area contributed by atoms with Crippen molar-refractivity contribution < 1.29 is 14.6 Å². The molecule has 0 saturated heterocycles. The SMILES string of the molecule is COC(C)COc1ccc2c(c1)CCC2O. The molecule has 3 nitrogen and oxygen atoms in total. The molecule has 0 spiro atoms. The van der Waals surface area contributed by atoms with Crippen LogP contribution < -0.4 is 4.74 Å². The second-order valence-corrected chi connectivity index (χ2v) is 4.27. The van der Waals surface area contributed by atoms with E-state index in [1.54, 1.807) is 7.11 Å². The minimum Gasteiger partial charge on any atom is -0.491 e. The smallest absolute Gasteiger partial charge is 0.119 e. The Balaban J connectivity index is 2.02. The summed E-state index contributed by atoms with van der Waals surface area (Å²) in [5, 5.41) is 9.67. The highest BCUT2D eigenvalue weighted by Crippen LogP contribution is 2.33. The van der Waals surface area contributed by atoms with Crippen LogP contribution in [0.25, 0.3) is 0 Å². The van der Waals surface area contributed by atoms with Crippen LogP contribution in [0.5, 0.6) is 5.75 Å². The van der Waals surface area contributed by atoms with Gasteiger partial charge in [-0.2, -0.15) is 0 Å². The van der Waals surface area contributed by atoms with Gasteiger partial charge in [0.25, 0.3) is 0 Å². The van der Waals surface area contributed by atoms with Crippen molar-refractivity contribution in [2.75, 3.05) is 13.7 Å². The van der Waals surface area contributed by atoms with Gasteiger partial charge in [0.1, 0.15) is 12.4 Å². The Hall–Kier alpha value is -1.06. The molecule has 3 heteroatoms. The molecule has 0 fully saturated rings. The summed E-state index contributed by atoms with van der Waals surface area (Å²) in [5.41, 5.74) is 2.25. The van der Waals surface area contributed by atoms with Gasteiger partial charge in [0.05, 0.1) is 12.2 Å². The Morgan fingerprint density at radius 1 is 1.50 bits per heavy atom. The predicted octanol–water partition coefficient (Wildman–Crippen LogP) is 2.08. The average molecular weight is 222 g/mol. The molecule has 0 aromatic heterocycles. The molecule has 0 heterocycles. The van der Waals surface area contributed by atoms with E-state index in [2.05, 4.69) is 0 Å². The first-order valence-corrected chi connectivity index (χ1v) is 5.67. The van der Waals surface area contributed by atoms with Gasteiger partial charge in [-0.05, 0) is 43.0 Å². The maximum atomic E-state index is 9.67. The van der Waals surface area contributed by atoms with Crippen LogP contribution in [0, 0.1) is 0 Å². The van der Waals surface area contributed by atoms with Crippen LogP contribution in [0.2, 0.25) is 0 Å². The van der Waals surface area contributed by atoms with Crippen molar-refractivity contribution >= 4 is 0 Å². The normalized spacial score (nSPS) is 20.6. The van der Waals surface area contributed by atoms with Crippen molar-refractivity contribution in [3.63, 3.8) is 0 Å². The molecular weight excluding hydrogens is 204 g/mol. The zero-order valence-corrected chi connectivity index (χ0v) is 9.77. The fourth-order valence-corrected chi connectivity index (χ4v) is 1.94. The molecule has 0 bridgehead atoms. The van der Waals surface area contributed by atoms with Crippen LogP contribution in [0.4, 0.5) is 0 Å². The summed E-state index contributed by atoms with van der Waals surface area (Å²) in [6.07, 6.45) is 1.57. The number of hydrogen-bond donors (Lipinski definition) is 1. The van der Waals surface area contributed by atoms with E-state index in [1.165, 1.54) is 5.56 Å². The van der Waals surface area contributed by atoms with Crippen molar-refractivity contribution in [2.45, 2.75) is 32.0 Å². The summed E-state index contributed by atoms with van der Waals surface area (Å²) >= 11 is 0. The van der Waals surface area contributed by atoms with Crippen LogP contribution in [0.1, 0.15) is 30.6 Å². The molecule has 0 aliphatic heterocycles. The van der Waals surface area contributed by atoms with E-state index in [1.807, 2.05) is 25.1 Å². The average Bonchev–Trinajstić information content (AvgIpc) is 2.67. The monoisotopic (exact) mass is 222 g/mol. The van der Waals surface area contributed by atoms with Gasteiger partial charge in [-0.3, -0.25) is 0 Å². The molecule has 2 unspecified atom stereocenters. The summed E-state index contributed by atoms with van der Waals surface area (Å²) in [7, 11) is 1.67. The van der Waals surface area contributed by atoms with Gasteiger partial charge in [-0.1, -0.05) is 6.07 Å². The van der Waals surface area contributed by atoms with E-state index in [9.17, 15) is 5.11 Å². The highest BCUT2D eigenvalue weighted by atomic mass is 16.5. The Morgan fingerprint density at radius 3 is 3.06 bits per heavy atom. The van der Waals surface area contributed by atoms with Crippen molar-refractivity contribution in [1.82, 2.24) is 0 Å². The second-order valence-electron chi connectivity index (χ2n) is 4.27. The van der Waals surface area contributed by atoms with Crippen molar-refractivity contribution in [1.29, 1.82) is 0 Å². The molecule has 0 amide bonds. The number of ether oxygens (including phenoxy) is 2. The predicted molar refractivity (Wildman–Crippen MR) is 61.7 cm³/mol. The van der Waals surface area contributed by atoms with E-state index in [4.69, 9.17) is 9.47 Å². The third kappa shape index (κ3) is 2.36. The first kappa shape index (κ1) is 11.4. The topological polar surface area (TPSA) is 38.7 Å². The molecule has 0 saturated carbocycles. The highest BCUT2D eigenvalue weighted by molar-refractivity contribution is 5.39. The second kappa shape index (κ2) is 4.85. The first-order chi connectivity index (χ1) is 7.70. The molecule has 1 N–H and O–H groups in total. The molecule has 1 aliphatic carbocycles. The minimum absolute atomic E-state index is 0.0962. The lowest BCUT2D eigenvalue weighted by Gasteiger charge is -2.12. The van der Waals surface area contributed by atoms with E-state index in [0.717, 1.165) is 24.2 Å². The molecule has 1 aromatic rings. The number of aryl methyl sites for hydroxylation is 1. The van der Waals surface area contributed by atoms with E-state index in [0.29, 0.717) is 6.61 Å². The Bertz CT molecular complexity index is 362. The van der Waals surface area contributed by atoms with Crippen LogP contribution >= 0.6 is 0 Å². The van der Waals surface area contributed by atoms with Crippen LogP contribution in [0.15, 0.2) is 18.2 Å². The van der Waals surface area contributed by atoms with Crippen molar-refractivity contribution in [2.24, 2.45) is 0 Å². The Labute approximate surface area is 96.0 Å². The van der Waals surface area contributed by atoms with E-state index < -0.39 is 0 Å². The van der Waals surface area contributed by atoms with E-state index in [-0.39, 0.29) is 12.2 Å². The van der Waals surface area contributed by atoms with Gasteiger partial charge in [-0.25, -0.2) is 0 Å². The fourth-order valence-electron chi connectivity index (χ4n) is 1.94. The van der Waals surface area contributed by atoms with Crippen LogP contribution in [-0.4, -0.2) is 24.9 Å². The number of rotatable bonds is 4. The summed E-state index contributed by atoms with van der Waals surface area (Å²) in [6, 6.07) is 5.89. The molecule has 0 radical (unpaired) electrons. The summed E-state index contributed by atoms with van der Waals surface area (Å²) in [6.45, 7) is 2.52. The van der Waals surface area contributed by atoms with Gasteiger partial charge in [0, 0.05) is 7.11 Å². The van der Waals surface area contributed by atoms with Gasteiger partial charge in [-0.15, -0.1) is 0 Å². The number of methoxy groups -OCH3 is 1. The zero-order valence-electron chi connectivity index (χ0n) is 9.77. The minimum atomic E-state index is -0.290. The molecule has 2 rings (SSSR count).